The number of carbonyl (C=O) groups excluding carboxylic acids is 1. The molecule has 3 rings (SSSR count). The van der Waals surface area contributed by atoms with E-state index in [9.17, 15) is 4.79 Å². The van der Waals surface area contributed by atoms with E-state index in [4.69, 9.17) is 0 Å². The fourth-order valence-electron chi connectivity index (χ4n) is 3.38. The summed E-state index contributed by atoms with van der Waals surface area (Å²) in [6.07, 6.45) is 8.40. The topological polar surface area (TPSA) is 42.0 Å². The van der Waals surface area contributed by atoms with Crippen LogP contribution >= 0.6 is 15.9 Å². The van der Waals surface area contributed by atoms with Crippen molar-refractivity contribution in [3.63, 3.8) is 0 Å². The minimum Gasteiger partial charge on any atom is -0.304 e. The summed E-state index contributed by atoms with van der Waals surface area (Å²) in [6, 6.07) is 4.50. The molecule has 4 heteroatoms. The Balaban J connectivity index is 1.60. The Morgan fingerprint density at radius 3 is 2.95 bits per heavy atom. The van der Waals surface area contributed by atoms with Gasteiger partial charge in [-0.05, 0) is 53.2 Å². The molecule has 0 amide bonds. The maximum Gasteiger partial charge on any atom is 0.155 e. The molecule has 2 aliphatic rings. The highest BCUT2D eigenvalue weighted by molar-refractivity contribution is 9.10. The van der Waals surface area contributed by atoms with Gasteiger partial charge in [0.05, 0.1) is 12.5 Å². The van der Waals surface area contributed by atoms with Crippen LogP contribution in [0.1, 0.15) is 37.8 Å². The van der Waals surface area contributed by atoms with Gasteiger partial charge in [0.2, 0.25) is 0 Å². The number of ketones is 1. The van der Waals surface area contributed by atoms with Crippen molar-refractivity contribution < 1.29 is 4.79 Å². The summed E-state index contributed by atoms with van der Waals surface area (Å²) < 4.78 is 0.953. The van der Waals surface area contributed by atoms with Gasteiger partial charge in [-0.15, -0.1) is 0 Å². The molecule has 3 atom stereocenters. The van der Waals surface area contributed by atoms with Gasteiger partial charge >= 0.3 is 0 Å². The fraction of sp³-hybridized carbons (Fsp3) is 0.600. The minimum absolute atomic E-state index is 0.0542. The second-order valence-corrected chi connectivity index (χ2v) is 6.63. The van der Waals surface area contributed by atoms with E-state index >= 15 is 0 Å². The van der Waals surface area contributed by atoms with Crippen molar-refractivity contribution in [3.05, 3.63) is 28.5 Å². The number of pyridine rings is 1. The highest BCUT2D eigenvalue weighted by Gasteiger charge is 2.37. The van der Waals surface area contributed by atoms with Gasteiger partial charge in [0.1, 0.15) is 0 Å². The monoisotopic (exact) mass is 322 g/mol. The van der Waals surface area contributed by atoms with E-state index in [0.717, 1.165) is 22.5 Å². The number of Topliss-reactive ketones (excluding diaryl/α,β-unsaturated/α-hetero) is 1. The summed E-state index contributed by atoms with van der Waals surface area (Å²) in [7, 11) is 0. The van der Waals surface area contributed by atoms with Crippen LogP contribution in [0.2, 0.25) is 0 Å². The molecule has 1 aromatic heterocycles. The van der Waals surface area contributed by atoms with Crippen LogP contribution in [0.3, 0.4) is 0 Å². The molecule has 1 saturated carbocycles. The Labute approximate surface area is 122 Å². The van der Waals surface area contributed by atoms with Gasteiger partial charge < -0.3 is 5.32 Å². The summed E-state index contributed by atoms with van der Waals surface area (Å²) in [5, 5.41) is 3.54. The molecule has 2 heterocycles. The Hall–Kier alpha value is -0.740. The molecular weight excluding hydrogens is 304 g/mol. The van der Waals surface area contributed by atoms with Crippen molar-refractivity contribution in [3.8, 4) is 0 Å². The summed E-state index contributed by atoms with van der Waals surface area (Å²) in [6.45, 7) is 0. The van der Waals surface area contributed by atoms with Gasteiger partial charge in [0.15, 0.2) is 5.78 Å². The number of aromatic nitrogens is 1. The number of hydrogen-bond acceptors (Lipinski definition) is 3. The lowest BCUT2D eigenvalue weighted by Crippen LogP contribution is -2.37. The van der Waals surface area contributed by atoms with E-state index in [0.29, 0.717) is 18.2 Å². The first kappa shape index (κ1) is 13.3. The number of halogens is 1. The number of nitrogens with zero attached hydrogens (tertiary/aromatic N) is 1. The normalized spacial score (nSPS) is 30.1. The van der Waals surface area contributed by atoms with Crippen LogP contribution in [0.5, 0.6) is 0 Å². The summed E-state index contributed by atoms with van der Waals surface area (Å²) in [4.78, 5) is 16.6. The molecule has 102 valence electrons. The summed E-state index contributed by atoms with van der Waals surface area (Å²) in [5.74, 6) is 1.02. The van der Waals surface area contributed by atoms with Gasteiger partial charge in [0, 0.05) is 22.4 Å². The van der Waals surface area contributed by atoms with Crippen molar-refractivity contribution in [1.82, 2.24) is 10.3 Å². The molecule has 0 aromatic carbocycles. The lowest BCUT2D eigenvalue weighted by Gasteiger charge is -2.24. The Bertz CT molecular complexity index is 446. The molecule has 3 nitrogen and oxygen atoms in total. The number of rotatable bonds is 3. The van der Waals surface area contributed by atoms with Crippen molar-refractivity contribution in [1.29, 1.82) is 0 Å². The second kappa shape index (κ2) is 5.71. The van der Waals surface area contributed by atoms with Gasteiger partial charge in [-0.2, -0.15) is 0 Å². The predicted molar refractivity (Wildman–Crippen MR) is 77.9 cm³/mol. The Morgan fingerprint density at radius 2 is 2.21 bits per heavy atom. The van der Waals surface area contributed by atoms with Crippen molar-refractivity contribution in [2.45, 2.75) is 50.6 Å². The predicted octanol–water partition coefficient (Wildman–Crippen LogP) is 2.88. The lowest BCUT2D eigenvalue weighted by molar-refractivity contribution is -0.120. The first-order valence-corrected chi connectivity index (χ1v) is 7.91. The van der Waals surface area contributed by atoms with Gasteiger partial charge in [-0.1, -0.05) is 12.8 Å². The van der Waals surface area contributed by atoms with Gasteiger partial charge in [0.25, 0.3) is 0 Å². The summed E-state index contributed by atoms with van der Waals surface area (Å²) in [5.41, 5.74) is 0.866. The van der Waals surface area contributed by atoms with E-state index < -0.39 is 0 Å². The summed E-state index contributed by atoms with van der Waals surface area (Å²) >= 11 is 3.36. The van der Waals surface area contributed by atoms with E-state index in [1.807, 2.05) is 12.1 Å². The largest absolute Gasteiger partial charge is 0.304 e. The van der Waals surface area contributed by atoms with E-state index in [-0.39, 0.29) is 6.04 Å². The zero-order valence-electron chi connectivity index (χ0n) is 10.9. The van der Waals surface area contributed by atoms with Crippen LogP contribution in [-0.4, -0.2) is 22.9 Å². The minimum atomic E-state index is 0.0542. The van der Waals surface area contributed by atoms with Gasteiger partial charge in [-0.3, -0.25) is 9.78 Å². The Kier molecular flexibility index (Phi) is 3.99. The standard InChI is InChI=1S/C15H19BrN2O/c16-11-5-6-12(17-9-11)8-15(19)14-7-10-3-1-2-4-13(10)18-14/h5-6,9-10,13-14,18H,1-4,7-8H2. The maximum atomic E-state index is 12.3. The molecule has 3 unspecified atom stereocenters. The molecule has 1 aromatic rings. The first-order valence-electron chi connectivity index (χ1n) is 7.11. The number of nitrogens with one attached hydrogen (secondary N) is 1. The molecule has 0 bridgehead atoms. The number of fused-ring (bicyclic) bond motifs is 1. The van der Waals surface area contributed by atoms with Crippen LogP contribution in [0.4, 0.5) is 0 Å². The average Bonchev–Trinajstić information content (AvgIpc) is 2.85. The SMILES string of the molecule is O=C(Cc1ccc(Br)cn1)C1CC2CCCCC2N1. The zero-order chi connectivity index (χ0) is 13.2. The van der Waals surface area contributed by atoms with Crippen molar-refractivity contribution in [2.75, 3.05) is 0 Å². The van der Waals surface area contributed by atoms with Crippen LogP contribution in [0.25, 0.3) is 0 Å². The smallest absolute Gasteiger partial charge is 0.155 e. The molecule has 2 fully saturated rings. The maximum absolute atomic E-state index is 12.3. The van der Waals surface area contributed by atoms with Crippen LogP contribution in [0.15, 0.2) is 22.8 Å². The van der Waals surface area contributed by atoms with Crippen LogP contribution in [0, 0.1) is 5.92 Å². The quantitative estimate of drug-likeness (QED) is 0.930. The second-order valence-electron chi connectivity index (χ2n) is 5.72. The molecule has 0 radical (unpaired) electrons. The van der Waals surface area contributed by atoms with Gasteiger partial charge in [-0.25, -0.2) is 0 Å². The average molecular weight is 323 g/mol. The third kappa shape index (κ3) is 3.06. The first-order chi connectivity index (χ1) is 9.22. The highest BCUT2D eigenvalue weighted by Crippen LogP contribution is 2.33. The van der Waals surface area contributed by atoms with E-state index in [1.165, 1.54) is 25.7 Å². The highest BCUT2D eigenvalue weighted by atomic mass is 79.9. The third-order valence-corrected chi connectivity index (χ3v) is 4.86. The number of carbonyl (C=O) groups is 1. The molecule has 1 N–H and O–H groups in total. The van der Waals surface area contributed by atoms with Crippen LogP contribution < -0.4 is 5.32 Å². The lowest BCUT2D eigenvalue weighted by atomic mass is 9.84. The van der Waals surface area contributed by atoms with Crippen LogP contribution in [-0.2, 0) is 11.2 Å². The number of hydrogen-bond donors (Lipinski definition) is 1. The van der Waals surface area contributed by atoms with Crippen molar-refractivity contribution >= 4 is 21.7 Å². The zero-order valence-corrected chi connectivity index (χ0v) is 12.5. The fourth-order valence-corrected chi connectivity index (χ4v) is 3.61. The molecular formula is C15H19BrN2O. The molecule has 19 heavy (non-hydrogen) atoms. The van der Waals surface area contributed by atoms with Crippen molar-refractivity contribution in [2.24, 2.45) is 5.92 Å². The van der Waals surface area contributed by atoms with E-state index in [2.05, 4.69) is 26.2 Å². The molecule has 1 aliphatic carbocycles. The Morgan fingerprint density at radius 1 is 1.37 bits per heavy atom. The molecule has 1 saturated heterocycles. The molecule has 1 aliphatic heterocycles. The molecule has 0 spiro atoms. The van der Waals surface area contributed by atoms with E-state index in [1.54, 1.807) is 6.20 Å². The third-order valence-electron chi connectivity index (χ3n) is 4.40.